The fraction of sp³-hybridized carbons (Fsp3) is 0.111. The molecule has 0 spiro atoms. The van der Waals surface area contributed by atoms with Crippen LogP contribution in [0, 0.1) is 48.9 Å². The van der Waals surface area contributed by atoms with Gasteiger partial charge in [-0.1, -0.05) is 91.0 Å². The summed E-state index contributed by atoms with van der Waals surface area (Å²) in [5, 5.41) is 0. The molecule has 130 valence electrons. The van der Waals surface area contributed by atoms with Crippen molar-refractivity contribution in [3.63, 3.8) is 0 Å². The van der Waals surface area contributed by atoms with Gasteiger partial charge in [-0.15, -0.1) is 0 Å². The molecule has 2 fully saturated rings. The predicted octanol–water partition coefficient (Wildman–Crippen LogP) is 0.125. The first-order valence-electron chi connectivity index (χ1n) is 9.70. The molecule has 0 unspecified atom stereocenters. The van der Waals surface area contributed by atoms with E-state index < -0.39 is 0 Å². The summed E-state index contributed by atoms with van der Waals surface area (Å²) in [7, 11) is 0. The minimum atomic E-state index is 0. The van der Waals surface area contributed by atoms with Gasteiger partial charge >= 0.3 is 103 Å². The molecule has 0 nitrogen and oxygen atoms in total. The van der Waals surface area contributed by atoms with Crippen molar-refractivity contribution in [1.29, 1.82) is 0 Å². The second-order valence-electron chi connectivity index (χ2n) is 7.36. The third-order valence-electron chi connectivity index (χ3n) is 5.78. The molecule has 2 bridgehead atoms. The first kappa shape index (κ1) is 24.6. The Kier molecular flexibility index (Phi) is 9.91. The fourth-order valence-corrected chi connectivity index (χ4v) is 4.47. The Balaban J connectivity index is 0.00000120. The van der Waals surface area contributed by atoms with Crippen LogP contribution in [0.15, 0.2) is 91.0 Å². The molecule has 0 N–H and O–H groups in total. The second-order valence-corrected chi connectivity index (χ2v) is 7.36. The van der Waals surface area contributed by atoms with Crippen molar-refractivity contribution in [1.82, 2.24) is 0 Å². The Morgan fingerprint density at radius 1 is 0.517 bits per heavy atom. The number of fused-ring (bicyclic) bond motifs is 2. The molecule has 0 heterocycles. The number of hydrogen-bond acceptors (Lipinski definition) is 0. The number of hydrogen-bond donors (Lipinski definition) is 0. The normalized spacial score (nSPS) is 22.3. The van der Waals surface area contributed by atoms with E-state index in [1.807, 2.05) is 0 Å². The predicted molar refractivity (Wildman–Crippen MR) is 111 cm³/mol. The third kappa shape index (κ3) is 5.47. The zero-order chi connectivity index (χ0) is 18.1. The monoisotopic (exact) mass is 424 g/mol. The van der Waals surface area contributed by atoms with Gasteiger partial charge < -0.3 is 0 Å². The maximum absolute atomic E-state index is 2.45. The van der Waals surface area contributed by atoms with E-state index in [2.05, 4.69) is 110 Å². The standard InChI is InChI=1S/C27H22.2K/c1-4-10-20(11-5-1)24-17-16-23-18-27(24)26(22-14-8-3-9-15-22)19-25(23)21-12-6-2-7-13-21;;/h1-17,19,23,27H,18H2;;/q;2*+1/t23-,27-;;/m1../s1. The summed E-state index contributed by atoms with van der Waals surface area (Å²) < 4.78 is 0. The van der Waals surface area contributed by atoms with Gasteiger partial charge in [-0.2, -0.15) is 0 Å². The largest absolute Gasteiger partial charge is 1.00 e. The molecule has 2 aliphatic rings. The van der Waals surface area contributed by atoms with Gasteiger partial charge in [0.25, 0.3) is 0 Å². The van der Waals surface area contributed by atoms with Gasteiger partial charge in [-0.25, -0.2) is 0 Å². The van der Waals surface area contributed by atoms with Gasteiger partial charge in [0, 0.05) is 17.8 Å². The molecular formula is C27H22K2+2. The molecule has 6 radical (unpaired) electrons. The van der Waals surface area contributed by atoms with Crippen molar-refractivity contribution in [3.05, 3.63) is 145 Å². The van der Waals surface area contributed by atoms with Crippen molar-refractivity contribution in [2.24, 2.45) is 11.8 Å². The average molecular weight is 425 g/mol. The van der Waals surface area contributed by atoms with E-state index in [9.17, 15) is 0 Å². The quantitative estimate of drug-likeness (QED) is 0.524. The zero-order valence-corrected chi connectivity index (χ0v) is 23.5. The summed E-state index contributed by atoms with van der Waals surface area (Å²) in [6.45, 7) is 0. The van der Waals surface area contributed by atoms with E-state index in [1.165, 1.54) is 34.4 Å². The summed E-state index contributed by atoms with van der Waals surface area (Å²) in [6, 6.07) is 32.6. The van der Waals surface area contributed by atoms with Crippen molar-refractivity contribution in [3.8, 4) is 0 Å². The van der Waals surface area contributed by atoms with Gasteiger partial charge in [0.1, 0.15) is 0 Å². The van der Waals surface area contributed by atoms with Crippen LogP contribution >= 0.6 is 0 Å². The van der Waals surface area contributed by atoms with E-state index in [-0.39, 0.29) is 103 Å². The van der Waals surface area contributed by atoms with Gasteiger partial charge in [0.15, 0.2) is 0 Å². The van der Waals surface area contributed by atoms with Crippen molar-refractivity contribution in [2.45, 2.75) is 6.42 Å². The molecule has 29 heavy (non-hydrogen) atoms. The number of benzene rings is 3. The van der Waals surface area contributed by atoms with E-state index >= 15 is 0 Å². The third-order valence-corrected chi connectivity index (χ3v) is 5.78. The van der Waals surface area contributed by atoms with E-state index in [0.717, 1.165) is 6.42 Å². The minimum absolute atomic E-state index is 0. The van der Waals surface area contributed by atoms with Crippen LogP contribution in [0.4, 0.5) is 0 Å². The zero-order valence-electron chi connectivity index (χ0n) is 17.3. The van der Waals surface area contributed by atoms with Crippen molar-refractivity contribution in [2.75, 3.05) is 0 Å². The van der Waals surface area contributed by atoms with Crippen LogP contribution in [0.25, 0.3) is 0 Å². The molecule has 0 aliphatic heterocycles. The van der Waals surface area contributed by atoms with Crippen LogP contribution in [0.1, 0.15) is 23.1 Å². The first-order chi connectivity index (χ1) is 13.4. The molecule has 3 aromatic rings. The Hall–Kier alpha value is 0.933. The SMILES string of the molecule is [CH]1[CH][C@@H]2C[C@H]([C]1c1ccccc1)[C](c1ccccc1)[CH][C]2c1ccccc1.[K+].[K+]. The van der Waals surface area contributed by atoms with Crippen molar-refractivity contribution >= 4 is 0 Å². The van der Waals surface area contributed by atoms with Crippen LogP contribution in [-0.4, -0.2) is 0 Å². The second kappa shape index (κ2) is 11.7. The molecule has 3 aromatic carbocycles. The van der Waals surface area contributed by atoms with Crippen LogP contribution in [0.2, 0.25) is 0 Å². The van der Waals surface area contributed by atoms with Crippen molar-refractivity contribution < 1.29 is 103 Å². The molecule has 0 amide bonds. The molecule has 2 atom stereocenters. The Morgan fingerprint density at radius 2 is 0.966 bits per heavy atom. The van der Waals surface area contributed by atoms with Gasteiger partial charge in [-0.05, 0) is 54.2 Å². The molecule has 2 saturated carbocycles. The molecule has 0 aromatic heterocycles. The van der Waals surface area contributed by atoms with Gasteiger partial charge in [0.2, 0.25) is 0 Å². The summed E-state index contributed by atoms with van der Waals surface area (Å²) in [5.41, 5.74) is 4.00. The smallest absolute Gasteiger partial charge is 0.0622 e. The van der Waals surface area contributed by atoms with E-state index in [1.54, 1.807) is 0 Å². The Morgan fingerprint density at radius 3 is 1.48 bits per heavy atom. The van der Waals surface area contributed by atoms with E-state index in [0.29, 0.717) is 11.8 Å². The van der Waals surface area contributed by atoms with Gasteiger partial charge in [0.05, 0.1) is 0 Å². The topological polar surface area (TPSA) is 0 Å². The van der Waals surface area contributed by atoms with E-state index in [4.69, 9.17) is 0 Å². The summed E-state index contributed by atoms with van der Waals surface area (Å²) in [6.07, 6.45) is 8.37. The molecule has 0 saturated heterocycles. The molecule has 2 heteroatoms. The maximum atomic E-state index is 2.45. The Labute approximate surface area is 261 Å². The average Bonchev–Trinajstić information content (AvgIpc) is 2.76. The van der Waals surface area contributed by atoms with Crippen LogP contribution in [-0.2, 0) is 0 Å². The molecule has 5 rings (SSSR count). The Bertz CT molecular complexity index is 825. The van der Waals surface area contributed by atoms with Gasteiger partial charge in [-0.3, -0.25) is 0 Å². The molecule has 2 aliphatic carbocycles. The summed E-state index contributed by atoms with van der Waals surface area (Å²) in [4.78, 5) is 0. The van der Waals surface area contributed by atoms with Crippen LogP contribution in [0.3, 0.4) is 0 Å². The number of rotatable bonds is 3. The first-order valence-corrected chi connectivity index (χ1v) is 9.70. The maximum Gasteiger partial charge on any atom is 1.00 e. The summed E-state index contributed by atoms with van der Waals surface area (Å²) >= 11 is 0. The van der Waals surface area contributed by atoms with Crippen LogP contribution in [0.5, 0.6) is 0 Å². The minimum Gasteiger partial charge on any atom is -0.0622 e. The van der Waals surface area contributed by atoms with Crippen LogP contribution < -0.4 is 103 Å². The fourth-order valence-electron chi connectivity index (χ4n) is 4.47. The summed E-state index contributed by atoms with van der Waals surface area (Å²) in [5.74, 6) is 5.24. The molecular weight excluding hydrogens is 402 g/mol.